The molecule has 12 aromatic rings. The number of fused-ring (bicyclic) bond motifs is 4. The van der Waals surface area contributed by atoms with E-state index >= 15 is 0 Å². The molecule has 0 spiro atoms. The summed E-state index contributed by atoms with van der Waals surface area (Å²) in [4.78, 5) is 7.60. The van der Waals surface area contributed by atoms with Gasteiger partial charge in [0.1, 0.15) is 0 Å². The molecule has 386 valence electrons. The molecule has 2 aliphatic heterocycles. The molecule has 0 amide bonds. The average molecular weight is 1050 g/mol. The summed E-state index contributed by atoms with van der Waals surface area (Å²) >= 11 is 0. The van der Waals surface area contributed by atoms with Crippen LogP contribution in [0.1, 0.15) is 22.3 Å². The average Bonchev–Trinajstić information content (AvgIpc) is 3.35. The molecule has 0 aliphatic carbocycles. The van der Waals surface area contributed by atoms with Crippen molar-refractivity contribution >= 4 is 103 Å². The monoisotopic (exact) mass is 1050 g/mol. The molecule has 81 heavy (non-hydrogen) atoms. The first-order valence-corrected chi connectivity index (χ1v) is 30.3. The highest BCUT2D eigenvalue weighted by Crippen LogP contribution is 2.49. The maximum absolute atomic E-state index is 3.01. The lowest BCUT2D eigenvalue weighted by molar-refractivity contribution is 1.21. The van der Waals surface area contributed by atoms with Crippen molar-refractivity contribution < 1.29 is 0 Å². The number of anilines is 9. The Hall–Kier alpha value is -9.68. The quantitative estimate of drug-likeness (QED) is 0.0944. The largest absolute Gasteiger partial charge is 0.311 e. The molecule has 2 heterocycles. The Morgan fingerprint density at radius 2 is 0.753 bits per heavy atom. The van der Waals surface area contributed by atoms with Crippen LogP contribution in [0.15, 0.2) is 291 Å². The Labute approximate surface area is 478 Å². The summed E-state index contributed by atoms with van der Waals surface area (Å²) in [6.07, 6.45) is 0. The highest BCUT2D eigenvalue weighted by Gasteiger charge is 2.47. The van der Waals surface area contributed by atoms with Gasteiger partial charge in [-0.05, 0) is 171 Å². The van der Waals surface area contributed by atoms with Gasteiger partial charge in [0.05, 0.1) is 5.69 Å². The fraction of sp³-hybridized carbons (Fsp3) is 0.0526. The van der Waals surface area contributed by atoms with Crippen LogP contribution in [0.3, 0.4) is 0 Å². The molecule has 0 atom stereocenters. The highest BCUT2D eigenvalue weighted by atomic mass is 28.3. The number of benzene rings is 12. The lowest BCUT2D eigenvalue weighted by atomic mass is 9.33. The first-order chi connectivity index (χ1) is 39.8. The number of aryl methyl sites for hydroxylation is 4. The minimum absolute atomic E-state index is 0.168. The van der Waals surface area contributed by atoms with E-state index in [4.69, 9.17) is 0 Å². The Morgan fingerprint density at radius 3 is 1.30 bits per heavy atom. The lowest BCUT2D eigenvalue weighted by Crippen LogP contribution is -2.75. The summed E-state index contributed by atoms with van der Waals surface area (Å²) in [5.74, 6) is 0. The van der Waals surface area contributed by atoms with E-state index in [-0.39, 0.29) is 6.71 Å². The van der Waals surface area contributed by atoms with E-state index in [2.05, 4.69) is 334 Å². The number of nitrogens with zero attached hydrogens (tertiary/aromatic N) is 3. The summed E-state index contributed by atoms with van der Waals surface area (Å²) in [7, 11) is -3.01. The van der Waals surface area contributed by atoms with Crippen LogP contribution >= 0.6 is 0 Å². The first kappa shape index (κ1) is 49.6. The van der Waals surface area contributed by atoms with Gasteiger partial charge >= 0.3 is 0 Å². The third-order valence-electron chi connectivity index (χ3n) is 17.0. The molecule has 3 nitrogen and oxygen atoms in total. The minimum Gasteiger partial charge on any atom is -0.311 e. The minimum atomic E-state index is -3.01. The van der Waals surface area contributed by atoms with E-state index in [1.165, 1.54) is 87.3 Å². The summed E-state index contributed by atoms with van der Waals surface area (Å²) < 4.78 is 0. The molecule has 0 unspecified atom stereocenters. The van der Waals surface area contributed by atoms with Crippen molar-refractivity contribution in [1.82, 2.24) is 0 Å². The fourth-order valence-corrected chi connectivity index (χ4v) is 18.1. The zero-order valence-corrected chi connectivity index (χ0v) is 47.1. The molecular weight excluding hydrogens is 994 g/mol. The van der Waals surface area contributed by atoms with E-state index in [9.17, 15) is 0 Å². The predicted octanol–water partition coefficient (Wildman–Crippen LogP) is 15.2. The number of hydrogen-bond acceptors (Lipinski definition) is 3. The molecule has 14 rings (SSSR count). The van der Waals surface area contributed by atoms with Crippen LogP contribution in [0, 0.1) is 27.7 Å². The zero-order chi connectivity index (χ0) is 54.6. The molecule has 0 N–H and O–H groups in total. The standard InChI is InChI=1S/C76H60BN3Si/c1-53-38-45-71(56(4)48-53)80-73-47-44-66(81(63-30-14-7-15-31-63,64-32-16-8-17-33-64)65-34-18-9-19-35-65)52-70(73)77-69-49-58(68-37-23-21-25-55(68)3)41-46-72(69)79(61-42-39-57(40-43-61)67-36-22-20-24-54(67)2)74-50-62(51-75(80)76(74)77)78(59-26-10-5-11-27-59)60-28-12-6-13-29-60/h5-52H,1-4H3. The maximum Gasteiger partial charge on any atom is 0.252 e. The van der Waals surface area contributed by atoms with Crippen molar-refractivity contribution in [3.05, 3.63) is 313 Å². The van der Waals surface area contributed by atoms with Crippen molar-refractivity contribution in [2.24, 2.45) is 0 Å². The topological polar surface area (TPSA) is 9.72 Å². The molecule has 0 bridgehead atoms. The Balaban J connectivity index is 1.13. The Bertz CT molecular complexity index is 4150. The first-order valence-electron chi connectivity index (χ1n) is 28.3. The molecule has 0 saturated carbocycles. The smallest absolute Gasteiger partial charge is 0.252 e. The zero-order valence-electron chi connectivity index (χ0n) is 46.1. The van der Waals surface area contributed by atoms with Gasteiger partial charge in [-0.3, -0.25) is 0 Å². The van der Waals surface area contributed by atoms with Crippen molar-refractivity contribution in [3.63, 3.8) is 0 Å². The van der Waals surface area contributed by atoms with Crippen molar-refractivity contribution in [3.8, 4) is 22.3 Å². The second kappa shape index (κ2) is 20.5. The molecule has 0 radical (unpaired) electrons. The summed E-state index contributed by atoms with van der Waals surface area (Å²) in [6, 6.07) is 109. The van der Waals surface area contributed by atoms with E-state index < -0.39 is 8.07 Å². The van der Waals surface area contributed by atoms with Gasteiger partial charge in [0.25, 0.3) is 6.71 Å². The molecule has 2 aliphatic rings. The summed E-state index contributed by atoms with van der Waals surface area (Å²) in [5.41, 5.74) is 23.8. The van der Waals surface area contributed by atoms with Crippen molar-refractivity contribution in [2.45, 2.75) is 27.7 Å². The van der Waals surface area contributed by atoms with Crippen molar-refractivity contribution in [2.75, 3.05) is 14.7 Å². The molecule has 5 heteroatoms. The molecular formula is C76H60BN3Si. The summed E-state index contributed by atoms with van der Waals surface area (Å²) in [5, 5.41) is 5.40. The van der Waals surface area contributed by atoms with Gasteiger partial charge in [-0.15, -0.1) is 0 Å². The van der Waals surface area contributed by atoms with Crippen LogP contribution in [0.2, 0.25) is 0 Å². The second-order valence-corrected chi connectivity index (χ2v) is 25.7. The molecule has 0 fully saturated rings. The van der Waals surface area contributed by atoms with Gasteiger partial charge in [0.15, 0.2) is 8.07 Å². The predicted molar refractivity (Wildman–Crippen MR) is 349 cm³/mol. The SMILES string of the molecule is Cc1ccc(N2c3ccc([Si](c4ccccc4)(c4ccccc4)c4ccccc4)cc3B3c4cc(-c5ccccc5C)ccc4N(c4ccc(-c5ccccc5C)cc4)c4cc(N(c5ccccc5)c5ccccc5)cc2c43)c(C)c1. The molecule has 12 aromatic carbocycles. The van der Waals surface area contributed by atoms with Crippen LogP contribution in [0.25, 0.3) is 22.3 Å². The van der Waals surface area contributed by atoms with Gasteiger partial charge in [0.2, 0.25) is 0 Å². The van der Waals surface area contributed by atoms with Crippen LogP contribution in [0.4, 0.5) is 51.2 Å². The molecule has 0 aromatic heterocycles. The van der Waals surface area contributed by atoms with Crippen LogP contribution in [-0.2, 0) is 0 Å². The van der Waals surface area contributed by atoms with Gasteiger partial charge in [0, 0.05) is 45.5 Å². The van der Waals surface area contributed by atoms with E-state index in [1.54, 1.807) is 0 Å². The fourth-order valence-electron chi connectivity index (χ4n) is 13.4. The van der Waals surface area contributed by atoms with Gasteiger partial charge in [-0.1, -0.05) is 230 Å². The Kier molecular flexibility index (Phi) is 12.6. The normalized spacial score (nSPS) is 12.4. The Morgan fingerprint density at radius 1 is 0.309 bits per heavy atom. The lowest BCUT2D eigenvalue weighted by Gasteiger charge is -2.46. The van der Waals surface area contributed by atoms with Gasteiger partial charge < -0.3 is 14.7 Å². The number of rotatable bonds is 11. The maximum atomic E-state index is 2.65. The van der Waals surface area contributed by atoms with Crippen LogP contribution in [0.5, 0.6) is 0 Å². The van der Waals surface area contributed by atoms with Crippen LogP contribution < -0.4 is 51.8 Å². The number of para-hydroxylation sites is 2. The van der Waals surface area contributed by atoms with Crippen LogP contribution in [-0.4, -0.2) is 14.8 Å². The van der Waals surface area contributed by atoms with E-state index in [1.807, 2.05) is 0 Å². The van der Waals surface area contributed by atoms with Crippen molar-refractivity contribution in [1.29, 1.82) is 0 Å². The van der Waals surface area contributed by atoms with Gasteiger partial charge in [-0.2, -0.15) is 0 Å². The number of hydrogen-bond donors (Lipinski definition) is 0. The second-order valence-electron chi connectivity index (χ2n) is 21.9. The van der Waals surface area contributed by atoms with E-state index in [0.29, 0.717) is 0 Å². The molecule has 0 saturated heterocycles. The summed E-state index contributed by atoms with van der Waals surface area (Å²) in [6.45, 7) is 8.76. The highest BCUT2D eigenvalue weighted by molar-refractivity contribution is 7.20. The van der Waals surface area contributed by atoms with Gasteiger partial charge in [-0.25, -0.2) is 0 Å². The van der Waals surface area contributed by atoms with E-state index in [0.717, 1.165) is 45.5 Å². The third-order valence-corrected chi connectivity index (χ3v) is 21.8. The third kappa shape index (κ3) is 8.43.